The highest BCUT2D eigenvalue weighted by Crippen LogP contribution is 2.37. The van der Waals surface area contributed by atoms with E-state index in [1.807, 2.05) is 43.3 Å². The van der Waals surface area contributed by atoms with Gasteiger partial charge in [-0.1, -0.05) is 36.4 Å². The third-order valence-electron chi connectivity index (χ3n) is 5.71. The summed E-state index contributed by atoms with van der Waals surface area (Å²) in [4.78, 5) is 30.1. The maximum absolute atomic E-state index is 13.1. The number of likely N-dealkylation sites (N-methyl/N-ethyl adjacent to an activating group) is 1. The number of carbonyl (C=O) groups is 1. The Bertz CT molecular complexity index is 1360. The molecule has 3 aromatic carbocycles. The lowest BCUT2D eigenvalue weighted by atomic mass is 9.93. The van der Waals surface area contributed by atoms with Crippen LogP contribution in [0.15, 0.2) is 79.0 Å². The molecule has 2 N–H and O–H groups in total. The summed E-state index contributed by atoms with van der Waals surface area (Å²) < 4.78 is 0. The predicted octanol–water partition coefficient (Wildman–Crippen LogP) is 4.50. The van der Waals surface area contributed by atoms with E-state index < -0.39 is 11.0 Å². The zero-order valence-corrected chi connectivity index (χ0v) is 18.8. The number of fused-ring (bicyclic) bond motifs is 1. The number of nitrogens with one attached hydrogen (secondary N) is 1. The fraction of sp³-hybridized carbons (Fsp3) is 0.154. The van der Waals surface area contributed by atoms with E-state index in [0.29, 0.717) is 16.6 Å². The van der Waals surface area contributed by atoms with Gasteiger partial charge in [0.25, 0.3) is 5.69 Å². The van der Waals surface area contributed by atoms with Gasteiger partial charge in [0.1, 0.15) is 11.3 Å². The second-order valence-corrected chi connectivity index (χ2v) is 8.08. The Hall–Kier alpha value is -4.46. The van der Waals surface area contributed by atoms with Crippen molar-refractivity contribution in [3.05, 3.63) is 106 Å². The first kappa shape index (κ1) is 22.7. The fourth-order valence-electron chi connectivity index (χ4n) is 4.00. The smallest absolute Gasteiger partial charge is 0.269 e. The molecular formula is C26H24N4O4. The standard InChI is InChI=1S/C26H24N4O4/c1-17-14-22(26(32)25-21(17)12-7-13-27-25)24(18-8-6-11-20(15-18)30(33)34)28-23(31)16-29(2)19-9-4-3-5-10-19/h3-15,24,32H,16H2,1-2H3,(H,28,31). The lowest BCUT2D eigenvalue weighted by Gasteiger charge is -2.24. The zero-order chi connectivity index (χ0) is 24.2. The third-order valence-corrected chi connectivity index (χ3v) is 5.71. The molecule has 1 atom stereocenters. The Labute approximate surface area is 196 Å². The number of amides is 1. The molecule has 1 heterocycles. The largest absolute Gasteiger partial charge is 0.505 e. The number of rotatable bonds is 7. The Balaban J connectivity index is 1.75. The number of hydrogen-bond acceptors (Lipinski definition) is 6. The first-order valence-electron chi connectivity index (χ1n) is 10.7. The van der Waals surface area contributed by atoms with Gasteiger partial charge in [0, 0.05) is 42.0 Å². The molecule has 1 aromatic heterocycles. The zero-order valence-electron chi connectivity index (χ0n) is 18.8. The lowest BCUT2D eigenvalue weighted by Crippen LogP contribution is -2.37. The average Bonchev–Trinajstić information content (AvgIpc) is 2.85. The summed E-state index contributed by atoms with van der Waals surface area (Å²) in [5.74, 6) is -0.379. The molecular weight excluding hydrogens is 432 g/mol. The molecule has 1 unspecified atom stereocenters. The molecule has 0 radical (unpaired) electrons. The van der Waals surface area contributed by atoms with E-state index in [1.54, 1.807) is 42.4 Å². The molecule has 34 heavy (non-hydrogen) atoms. The van der Waals surface area contributed by atoms with Crippen molar-refractivity contribution in [1.29, 1.82) is 0 Å². The van der Waals surface area contributed by atoms with E-state index in [-0.39, 0.29) is 23.9 Å². The van der Waals surface area contributed by atoms with Gasteiger partial charge in [-0.25, -0.2) is 0 Å². The molecule has 0 aliphatic heterocycles. The van der Waals surface area contributed by atoms with Crippen LogP contribution in [0, 0.1) is 17.0 Å². The number of anilines is 1. The summed E-state index contributed by atoms with van der Waals surface area (Å²) in [6.45, 7) is 1.95. The summed E-state index contributed by atoms with van der Waals surface area (Å²) in [7, 11) is 1.80. The molecule has 4 rings (SSSR count). The molecule has 4 aromatic rings. The van der Waals surface area contributed by atoms with Gasteiger partial charge < -0.3 is 15.3 Å². The van der Waals surface area contributed by atoms with Crippen molar-refractivity contribution in [2.45, 2.75) is 13.0 Å². The first-order valence-corrected chi connectivity index (χ1v) is 10.7. The van der Waals surface area contributed by atoms with E-state index in [2.05, 4.69) is 10.3 Å². The second kappa shape index (κ2) is 9.58. The summed E-state index contributed by atoms with van der Waals surface area (Å²) in [5, 5.41) is 26.2. The van der Waals surface area contributed by atoms with Crippen molar-refractivity contribution >= 4 is 28.2 Å². The van der Waals surface area contributed by atoms with E-state index in [1.165, 1.54) is 12.1 Å². The number of aromatic nitrogens is 1. The number of non-ortho nitro benzene ring substituents is 1. The van der Waals surface area contributed by atoms with E-state index >= 15 is 0 Å². The highest BCUT2D eigenvalue weighted by molar-refractivity contribution is 5.89. The normalized spacial score (nSPS) is 11.7. The van der Waals surface area contributed by atoms with Crippen LogP contribution in [0.1, 0.15) is 22.7 Å². The van der Waals surface area contributed by atoms with Gasteiger partial charge in [0.05, 0.1) is 17.5 Å². The summed E-state index contributed by atoms with van der Waals surface area (Å²) >= 11 is 0. The highest BCUT2D eigenvalue weighted by Gasteiger charge is 2.25. The number of hydrogen-bond donors (Lipinski definition) is 2. The van der Waals surface area contributed by atoms with Gasteiger partial charge >= 0.3 is 0 Å². The number of aromatic hydroxyl groups is 1. The van der Waals surface area contributed by atoms with Crippen LogP contribution in [0.4, 0.5) is 11.4 Å². The van der Waals surface area contributed by atoms with Crippen molar-refractivity contribution in [2.24, 2.45) is 0 Å². The summed E-state index contributed by atoms with van der Waals surface area (Å²) in [5.41, 5.74) is 2.94. The molecule has 0 spiro atoms. The van der Waals surface area contributed by atoms with E-state index in [0.717, 1.165) is 16.6 Å². The van der Waals surface area contributed by atoms with Gasteiger partial charge in [0.15, 0.2) is 0 Å². The van der Waals surface area contributed by atoms with Gasteiger partial charge in [-0.15, -0.1) is 0 Å². The van der Waals surface area contributed by atoms with Gasteiger partial charge in [-0.2, -0.15) is 0 Å². The molecule has 0 aliphatic rings. The Morgan fingerprint density at radius 2 is 1.88 bits per heavy atom. The number of nitro groups is 1. The summed E-state index contributed by atoms with van der Waals surface area (Å²) in [6.07, 6.45) is 1.58. The summed E-state index contributed by atoms with van der Waals surface area (Å²) in [6, 6.07) is 20.1. The third kappa shape index (κ3) is 4.66. The van der Waals surface area contributed by atoms with Crippen LogP contribution in [0.25, 0.3) is 10.9 Å². The molecule has 0 saturated carbocycles. The Kier molecular flexibility index (Phi) is 6.40. The van der Waals surface area contributed by atoms with E-state index in [9.17, 15) is 20.0 Å². The number of nitro benzene ring substituents is 1. The SMILES string of the molecule is Cc1cc(C(NC(=O)CN(C)c2ccccc2)c2cccc([N+](=O)[O-])c2)c(O)c2ncccc12. The highest BCUT2D eigenvalue weighted by atomic mass is 16.6. The Morgan fingerprint density at radius 3 is 2.62 bits per heavy atom. The van der Waals surface area contributed by atoms with Crippen LogP contribution in [0.2, 0.25) is 0 Å². The monoisotopic (exact) mass is 456 g/mol. The number of benzene rings is 3. The number of phenols is 1. The average molecular weight is 457 g/mol. The van der Waals surface area contributed by atoms with Crippen LogP contribution in [0.3, 0.4) is 0 Å². The maximum Gasteiger partial charge on any atom is 0.269 e. The second-order valence-electron chi connectivity index (χ2n) is 8.08. The van der Waals surface area contributed by atoms with Crippen molar-refractivity contribution in [1.82, 2.24) is 10.3 Å². The van der Waals surface area contributed by atoms with Gasteiger partial charge in [-0.3, -0.25) is 19.9 Å². The topological polar surface area (TPSA) is 109 Å². The van der Waals surface area contributed by atoms with Crippen molar-refractivity contribution < 1.29 is 14.8 Å². The number of phenolic OH excluding ortho intramolecular Hbond substituents is 1. The van der Waals surface area contributed by atoms with Crippen molar-refractivity contribution in [2.75, 3.05) is 18.5 Å². The molecule has 0 aliphatic carbocycles. The van der Waals surface area contributed by atoms with Crippen LogP contribution in [0.5, 0.6) is 5.75 Å². The minimum Gasteiger partial charge on any atom is -0.505 e. The number of aryl methyl sites for hydroxylation is 1. The molecule has 0 bridgehead atoms. The predicted molar refractivity (Wildman–Crippen MR) is 131 cm³/mol. The number of carbonyl (C=O) groups excluding carboxylic acids is 1. The number of pyridine rings is 1. The van der Waals surface area contributed by atoms with Crippen LogP contribution < -0.4 is 10.2 Å². The number of nitrogens with zero attached hydrogens (tertiary/aromatic N) is 3. The molecule has 0 saturated heterocycles. The van der Waals surface area contributed by atoms with Crippen molar-refractivity contribution in [3.63, 3.8) is 0 Å². The minimum atomic E-state index is -0.818. The quantitative estimate of drug-likeness (QED) is 0.313. The lowest BCUT2D eigenvalue weighted by molar-refractivity contribution is -0.384. The van der Waals surface area contributed by atoms with Crippen LogP contribution in [-0.4, -0.2) is 34.5 Å². The minimum absolute atomic E-state index is 0.0566. The Morgan fingerprint density at radius 1 is 1.12 bits per heavy atom. The van der Waals surface area contributed by atoms with Crippen LogP contribution in [-0.2, 0) is 4.79 Å². The molecule has 172 valence electrons. The molecule has 8 heteroatoms. The molecule has 8 nitrogen and oxygen atoms in total. The van der Waals surface area contributed by atoms with Gasteiger partial charge in [-0.05, 0) is 42.3 Å². The fourth-order valence-corrected chi connectivity index (χ4v) is 4.00. The van der Waals surface area contributed by atoms with Crippen LogP contribution >= 0.6 is 0 Å². The maximum atomic E-state index is 13.1. The van der Waals surface area contributed by atoms with E-state index in [4.69, 9.17) is 0 Å². The van der Waals surface area contributed by atoms with Crippen molar-refractivity contribution in [3.8, 4) is 5.75 Å². The molecule has 0 fully saturated rings. The number of para-hydroxylation sites is 1. The first-order chi connectivity index (χ1) is 16.3. The molecule has 1 amide bonds. The van der Waals surface area contributed by atoms with Gasteiger partial charge in [0.2, 0.25) is 5.91 Å².